The van der Waals surface area contributed by atoms with Crippen LogP contribution in [0.3, 0.4) is 0 Å². The van der Waals surface area contributed by atoms with Crippen molar-refractivity contribution in [3.63, 3.8) is 0 Å². The molecular weight excluding hydrogens is 342 g/mol. The summed E-state index contributed by atoms with van der Waals surface area (Å²) in [7, 11) is 0. The van der Waals surface area contributed by atoms with Crippen LogP contribution in [-0.4, -0.2) is 65.0 Å². The monoisotopic (exact) mass is 369 g/mol. The number of benzene rings is 1. The van der Waals surface area contributed by atoms with Gasteiger partial charge < -0.3 is 19.5 Å². The van der Waals surface area contributed by atoms with Gasteiger partial charge in [0.1, 0.15) is 0 Å². The molecule has 6 nitrogen and oxygen atoms in total. The lowest BCUT2D eigenvalue weighted by molar-refractivity contribution is -0.148. The Labute approximate surface area is 159 Å². The van der Waals surface area contributed by atoms with E-state index in [0.717, 1.165) is 23.7 Å². The number of amides is 2. The summed E-state index contributed by atoms with van der Waals surface area (Å²) >= 11 is 0. The minimum Gasteiger partial charge on any atom is -0.372 e. The van der Waals surface area contributed by atoms with E-state index in [1.54, 1.807) is 0 Å². The van der Waals surface area contributed by atoms with Gasteiger partial charge in [-0.25, -0.2) is 0 Å². The van der Waals surface area contributed by atoms with Gasteiger partial charge in [-0.05, 0) is 50.3 Å². The van der Waals surface area contributed by atoms with E-state index in [1.807, 2.05) is 54.1 Å². The summed E-state index contributed by atoms with van der Waals surface area (Å²) < 4.78 is 5.73. The van der Waals surface area contributed by atoms with E-state index in [1.165, 1.54) is 0 Å². The zero-order valence-corrected chi connectivity index (χ0v) is 16.0. The smallest absolute Gasteiger partial charge is 0.253 e. The van der Waals surface area contributed by atoms with Gasteiger partial charge in [-0.3, -0.25) is 9.59 Å². The second-order valence-electron chi connectivity index (χ2n) is 7.85. The molecule has 144 valence electrons. The normalized spacial score (nSPS) is 24.4. The van der Waals surface area contributed by atoms with Crippen molar-refractivity contribution >= 4 is 22.7 Å². The summed E-state index contributed by atoms with van der Waals surface area (Å²) in [6.45, 7) is 6.62. The number of nitrogens with one attached hydrogen (secondary N) is 1. The molecule has 0 saturated carbocycles. The number of hydrogen-bond acceptors (Lipinski definition) is 3. The fourth-order valence-electron chi connectivity index (χ4n) is 4.31. The van der Waals surface area contributed by atoms with Crippen LogP contribution in [0.15, 0.2) is 30.5 Å². The first-order valence-corrected chi connectivity index (χ1v) is 9.82. The van der Waals surface area contributed by atoms with Crippen LogP contribution in [0.1, 0.15) is 37.0 Å². The number of rotatable bonds is 2. The highest BCUT2D eigenvalue weighted by Gasteiger charge is 2.33. The Kier molecular flexibility index (Phi) is 4.91. The van der Waals surface area contributed by atoms with Crippen LogP contribution in [0.5, 0.6) is 0 Å². The van der Waals surface area contributed by atoms with Gasteiger partial charge in [0.25, 0.3) is 5.91 Å². The summed E-state index contributed by atoms with van der Waals surface area (Å²) in [6.07, 6.45) is 3.51. The summed E-state index contributed by atoms with van der Waals surface area (Å²) in [6, 6.07) is 7.75. The molecule has 2 amide bonds. The molecule has 2 saturated heterocycles. The highest BCUT2D eigenvalue weighted by Crippen LogP contribution is 2.24. The molecule has 2 unspecified atom stereocenters. The van der Waals surface area contributed by atoms with Crippen LogP contribution >= 0.6 is 0 Å². The maximum Gasteiger partial charge on any atom is 0.253 e. The van der Waals surface area contributed by atoms with Crippen LogP contribution < -0.4 is 0 Å². The number of nitrogens with zero attached hydrogens (tertiary/aromatic N) is 2. The van der Waals surface area contributed by atoms with Gasteiger partial charge >= 0.3 is 0 Å². The number of hydrogen-bond donors (Lipinski definition) is 1. The van der Waals surface area contributed by atoms with Crippen LogP contribution in [0, 0.1) is 5.92 Å². The number of carbonyl (C=O) groups excluding carboxylic acids is 2. The molecule has 0 bridgehead atoms. The molecule has 2 aliphatic heterocycles. The van der Waals surface area contributed by atoms with E-state index in [0.29, 0.717) is 31.7 Å². The van der Waals surface area contributed by atoms with Crippen LogP contribution in [0.2, 0.25) is 0 Å². The first-order chi connectivity index (χ1) is 13.0. The summed E-state index contributed by atoms with van der Waals surface area (Å²) in [5.74, 6) is 0.278. The van der Waals surface area contributed by atoms with E-state index >= 15 is 0 Å². The van der Waals surface area contributed by atoms with Gasteiger partial charge in [-0.1, -0.05) is 6.07 Å². The second kappa shape index (κ2) is 7.35. The van der Waals surface area contributed by atoms with Gasteiger partial charge in [-0.2, -0.15) is 0 Å². The standard InChI is InChI=1S/C21H27N3O3/c1-14-12-24(13-15(2)27-14)20(25)17-6-9-23(10-7-17)21(26)18-4-3-16-5-8-22-19(16)11-18/h3-5,8,11,14-15,17,22H,6-7,9-10,12-13H2,1-2H3. The Morgan fingerprint density at radius 3 is 2.44 bits per heavy atom. The van der Waals surface area contributed by atoms with Crippen molar-refractivity contribution < 1.29 is 14.3 Å². The van der Waals surface area contributed by atoms with Crippen LogP contribution in [-0.2, 0) is 9.53 Å². The summed E-state index contributed by atoms with van der Waals surface area (Å²) in [4.78, 5) is 32.7. The highest BCUT2D eigenvalue weighted by molar-refractivity contribution is 5.98. The topological polar surface area (TPSA) is 65.6 Å². The van der Waals surface area contributed by atoms with Crippen molar-refractivity contribution in [1.29, 1.82) is 0 Å². The Balaban J connectivity index is 1.36. The van der Waals surface area contributed by atoms with Gasteiger partial charge in [-0.15, -0.1) is 0 Å². The van der Waals surface area contributed by atoms with Gasteiger partial charge in [0.2, 0.25) is 5.91 Å². The molecule has 1 N–H and O–H groups in total. The maximum absolute atomic E-state index is 12.9. The van der Waals surface area contributed by atoms with Crippen molar-refractivity contribution in [2.24, 2.45) is 5.92 Å². The molecule has 0 radical (unpaired) electrons. The van der Waals surface area contributed by atoms with Gasteiger partial charge in [0, 0.05) is 49.4 Å². The predicted octanol–water partition coefficient (Wildman–Crippen LogP) is 2.66. The average Bonchev–Trinajstić information content (AvgIpc) is 3.14. The van der Waals surface area contributed by atoms with Crippen molar-refractivity contribution in [3.8, 4) is 0 Å². The Bertz CT molecular complexity index is 828. The van der Waals surface area contributed by atoms with E-state index in [9.17, 15) is 9.59 Å². The third-order valence-electron chi connectivity index (χ3n) is 5.66. The number of likely N-dealkylation sites (tertiary alicyclic amines) is 1. The lowest BCUT2D eigenvalue weighted by atomic mass is 9.94. The molecule has 27 heavy (non-hydrogen) atoms. The van der Waals surface area contributed by atoms with Gasteiger partial charge in [0.15, 0.2) is 0 Å². The van der Waals surface area contributed by atoms with Crippen LogP contribution in [0.4, 0.5) is 0 Å². The van der Waals surface area contributed by atoms with E-state index in [-0.39, 0.29) is 29.9 Å². The lowest BCUT2D eigenvalue weighted by Gasteiger charge is -2.39. The largest absolute Gasteiger partial charge is 0.372 e. The van der Waals surface area contributed by atoms with Crippen molar-refractivity contribution in [2.45, 2.75) is 38.9 Å². The molecule has 2 fully saturated rings. The second-order valence-corrected chi connectivity index (χ2v) is 7.85. The summed E-state index contributed by atoms with van der Waals surface area (Å²) in [5, 5.41) is 1.10. The van der Waals surface area contributed by atoms with Crippen molar-refractivity contribution in [3.05, 3.63) is 36.0 Å². The van der Waals surface area contributed by atoms with Crippen molar-refractivity contribution in [2.75, 3.05) is 26.2 Å². The number of carbonyl (C=O) groups is 2. The van der Waals surface area contributed by atoms with Crippen molar-refractivity contribution in [1.82, 2.24) is 14.8 Å². The maximum atomic E-state index is 12.9. The predicted molar refractivity (Wildman–Crippen MR) is 104 cm³/mol. The molecule has 1 aromatic heterocycles. The lowest BCUT2D eigenvalue weighted by Crippen LogP contribution is -2.51. The number of aromatic nitrogens is 1. The summed E-state index contributed by atoms with van der Waals surface area (Å²) in [5.41, 5.74) is 1.67. The molecule has 6 heteroatoms. The minimum absolute atomic E-state index is 0.0115. The zero-order valence-electron chi connectivity index (χ0n) is 16.0. The molecule has 4 rings (SSSR count). The third kappa shape index (κ3) is 3.72. The molecule has 2 atom stereocenters. The Morgan fingerprint density at radius 2 is 1.74 bits per heavy atom. The fourth-order valence-corrected chi connectivity index (χ4v) is 4.31. The van der Waals surface area contributed by atoms with Crippen LogP contribution in [0.25, 0.3) is 10.9 Å². The first-order valence-electron chi connectivity index (χ1n) is 9.82. The zero-order chi connectivity index (χ0) is 19.0. The van der Waals surface area contributed by atoms with E-state index in [4.69, 9.17) is 4.74 Å². The molecule has 3 heterocycles. The first kappa shape index (κ1) is 18.0. The highest BCUT2D eigenvalue weighted by atomic mass is 16.5. The molecule has 1 aromatic carbocycles. The Morgan fingerprint density at radius 1 is 1.04 bits per heavy atom. The quantitative estimate of drug-likeness (QED) is 0.885. The number of morpholine rings is 1. The number of H-pyrrole nitrogens is 1. The number of ether oxygens (including phenoxy) is 1. The number of aromatic amines is 1. The fraction of sp³-hybridized carbons (Fsp3) is 0.524. The SMILES string of the molecule is CC1CN(C(=O)C2CCN(C(=O)c3ccc4cc[nH]c4c3)CC2)CC(C)O1. The minimum atomic E-state index is 0.0115. The van der Waals surface area contributed by atoms with Gasteiger partial charge in [0.05, 0.1) is 12.2 Å². The Hall–Kier alpha value is -2.34. The third-order valence-corrected chi connectivity index (χ3v) is 5.66. The van der Waals surface area contributed by atoms with E-state index < -0.39 is 0 Å². The molecular formula is C21H27N3O3. The molecule has 2 aliphatic rings. The number of piperidine rings is 1. The average molecular weight is 369 g/mol. The van der Waals surface area contributed by atoms with E-state index in [2.05, 4.69) is 4.98 Å². The number of fused-ring (bicyclic) bond motifs is 1. The molecule has 2 aromatic rings. The molecule has 0 spiro atoms. The molecule has 0 aliphatic carbocycles.